The molecule has 2 aliphatic heterocycles. The van der Waals surface area contributed by atoms with Gasteiger partial charge in [-0.2, -0.15) is 0 Å². The second kappa shape index (κ2) is 7.60. The Morgan fingerprint density at radius 3 is 2.77 bits per heavy atom. The van der Waals surface area contributed by atoms with Crippen LogP contribution < -0.4 is 14.4 Å². The zero-order chi connectivity index (χ0) is 21.5. The van der Waals surface area contributed by atoms with Gasteiger partial charge in [0.2, 0.25) is 6.79 Å². The van der Waals surface area contributed by atoms with E-state index in [1.165, 1.54) is 28.8 Å². The van der Waals surface area contributed by atoms with Crippen molar-refractivity contribution in [1.29, 1.82) is 0 Å². The van der Waals surface area contributed by atoms with E-state index in [0.717, 1.165) is 0 Å². The van der Waals surface area contributed by atoms with Crippen molar-refractivity contribution in [2.75, 3.05) is 11.7 Å². The van der Waals surface area contributed by atoms with Crippen LogP contribution in [0.15, 0.2) is 63.9 Å². The number of hydrogen-bond acceptors (Lipinski definition) is 7. The molecule has 1 amide bonds. The van der Waals surface area contributed by atoms with Gasteiger partial charge in [0.05, 0.1) is 16.2 Å². The molecular weight excluding hydrogens is 438 g/mol. The van der Waals surface area contributed by atoms with Crippen LogP contribution in [0.1, 0.15) is 16.1 Å². The molecule has 2 aliphatic rings. The van der Waals surface area contributed by atoms with E-state index in [9.17, 15) is 9.59 Å². The van der Waals surface area contributed by atoms with E-state index in [-0.39, 0.29) is 18.3 Å². The molecule has 31 heavy (non-hydrogen) atoms. The van der Waals surface area contributed by atoms with E-state index in [0.29, 0.717) is 43.5 Å². The van der Waals surface area contributed by atoms with Gasteiger partial charge in [-0.05, 0) is 36.4 Å². The molecule has 0 spiro atoms. The number of rotatable bonds is 4. The molecular formula is C22H13NO6S2. The number of furan rings is 1. The molecule has 0 unspecified atom stereocenters. The molecule has 0 radical (unpaired) electrons. The lowest BCUT2D eigenvalue weighted by Gasteiger charge is -2.14. The predicted octanol–water partition coefficient (Wildman–Crippen LogP) is 4.78. The zero-order valence-electron chi connectivity index (χ0n) is 15.7. The van der Waals surface area contributed by atoms with Gasteiger partial charge in [-0.3, -0.25) is 9.69 Å². The van der Waals surface area contributed by atoms with Crippen LogP contribution in [0.4, 0.5) is 5.69 Å². The van der Waals surface area contributed by atoms with Gasteiger partial charge in [0.25, 0.3) is 5.91 Å². The monoisotopic (exact) mass is 451 g/mol. The SMILES string of the molecule is O=C(O)c1cccc(-c2ccc(/C=C3/SC(=S)N(c4ccc5c(c4)OCO5)C3=O)o2)c1. The number of benzene rings is 2. The molecule has 1 saturated heterocycles. The van der Waals surface area contributed by atoms with E-state index in [1.807, 2.05) is 0 Å². The molecule has 0 aliphatic carbocycles. The van der Waals surface area contributed by atoms with Crippen molar-refractivity contribution in [3.63, 3.8) is 0 Å². The summed E-state index contributed by atoms with van der Waals surface area (Å²) in [6.07, 6.45) is 1.62. The number of carbonyl (C=O) groups is 2. The molecule has 0 atom stereocenters. The maximum absolute atomic E-state index is 13.0. The smallest absolute Gasteiger partial charge is 0.335 e. The van der Waals surface area contributed by atoms with Gasteiger partial charge >= 0.3 is 5.97 Å². The molecule has 7 nitrogen and oxygen atoms in total. The number of nitrogens with zero attached hydrogens (tertiary/aromatic N) is 1. The summed E-state index contributed by atoms with van der Waals surface area (Å²) in [6.45, 7) is 0.146. The van der Waals surface area contributed by atoms with Crippen molar-refractivity contribution in [3.05, 3.63) is 70.8 Å². The molecule has 9 heteroatoms. The summed E-state index contributed by atoms with van der Waals surface area (Å²) in [6, 6.07) is 15.1. The van der Waals surface area contributed by atoms with Gasteiger partial charge in [-0.1, -0.05) is 36.1 Å². The van der Waals surface area contributed by atoms with E-state index in [4.69, 9.17) is 31.2 Å². The highest BCUT2D eigenvalue weighted by molar-refractivity contribution is 8.27. The summed E-state index contributed by atoms with van der Waals surface area (Å²) < 4.78 is 16.9. The molecule has 0 saturated carbocycles. The Balaban J connectivity index is 1.41. The lowest BCUT2D eigenvalue weighted by Crippen LogP contribution is -2.27. The zero-order valence-corrected chi connectivity index (χ0v) is 17.4. The minimum atomic E-state index is -1.01. The minimum Gasteiger partial charge on any atom is -0.478 e. The van der Waals surface area contributed by atoms with Gasteiger partial charge in [-0.25, -0.2) is 4.79 Å². The normalized spacial score (nSPS) is 16.4. The Kier molecular flexibility index (Phi) is 4.76. The second-order valence-electron chi connectivity index (χ2n) is 6.64. The number of carboxylic acid groups (broad SMARTS) is 1. The predicted molar refractivity (Wildman–Crippen MR) is 119 cm³/mol. The Bertz CT molecular complexity index is 1280. The van der Waals surface area contributed by atoms with Gasteiger partial charge in [0.1, 0.15) is 11.5 Å². The first-order valence-corrected chi connectivity index (χ1v) is 10.3. The third-order valence-corrected chi connectivity index (χ3v) is 6.00. The molecule has 0 bridgehead atoms. The summed E-state index contributed by atoms with van der Waals surface area (Å²) in [5.74, 6) is 0.873. The van der Waals surface area contributed by atoms with Crippen LogP contribution in [-0.2, 0) is 4.79 Å². The largest absolute Gasteiger partial charge is 0.478 e. The number of ether oxygens (including phenoxy) is 2. The summed E-state index contributed by atoms with van der Waals surface area (Å²) in [5, 5.41) is 9.16. The first-order chi connectivity index (χ1) is 15.0. The van der Waals surface area contributed by atoms with Crippen LogP contribution in [0.2, 0.25) is 0 Å². The molecule has 1 aromatic heterocycles. The molecule has 154 valence electrons. The lowest BCUT2D eigenvalue weighted by atomic mass is 10.1. The van der Waals surface area contributed by atoms with E-state index in [1.54, 1.807) is 48.5 Å². The Morgan fingerprint density at radius 2 is 1.94 bits per heavy atom. The van der Waals surface area contributed by atoms with Crippen LogP contribution in [0.5, 0.6) is 11.5 Å². The topological polar surface area (TPSA) is 89.2 Å². The molecule has 3 heterocycles. The third kappa shape index (κ3) is 3.58. The number of carbonyl (C=O) groups excluding carboxylic acids is 1. The number of amides is 1. The lowest BCUT2D eigenvalue weighted by molar-refractivity contribution is -0.113. The molecule has 3 aromatic rings. The van der Waals surface area contributed by atoms with Crippen LogP contribution in [-0.4, -0.2) is 28.1 Å². The first kappa shape index (κ1) is 19.4. The number of thiocarbonyl (C=S) groups is 1. The standard InChI is InChI=1S/C22H13NO6S2/c24-20-19(31-22(30)23(20)14-4-6-17-18(9-14)28-11-27-17)10-15-5-7-16(29-15)12-2-1-3-13(8-12)21(25)26/h1-10H,11H2,(H,25,26)/b19-10+. The highest BCUT2D eigenvalue weighted by Crippen LogP contribution is 2.41. The average molecular weight is 451 g/mol. The van der Waals surface area contributed by atoms with Crippen molar-refractivity contribution in [2.45, 2.75) is 0 Å². The fourth-order valence-electron chi connectivity index (χ4n) is 3.23. The van der Waals surface area contributed by atoms with Gasteiger partial charge in [-0.15, -0.1) is 0 Å². The molecule has 1 N–H and O–H groups in total. The third-order valence-electron chi connectivity index (χ3n) is 4.70. The molecule has 5 rings (SSSR count). The Hall–Kier alpha value is -3.56. The fraction of sp³-hybridized carbons (Fsp3) is 0.0455. The van der Waals surface area contributed by atoms with Crippen molar-refractivity contribution >= 4 is 51.9 Å². The number of thioether (sulfide) groups is 1. The van der Waals surface area contributed by atoms with Crippen molar-refractivity contribution in [3.8, 4) is 22.8 Å². The maximum atomic E-state index is 13.0. The van der Waals surface area contributed by atoms with Crippen molar-refractivity contribution in [2.24, 2.45) is 0 Å². The highest BCUT2D eigenvalue weighted by atomic mass is 32.2. The van der Waals surface area contributed by atoms with Gasteiger partial charge in [0, 0.05) is 17.7 Å². The summed E-state index contributed by atoms with van der Waals surface area (Å²) in [7, 11) is 0. The molecule has 2 aromatic carbocycles. The summed E-state index contributed by atoms with van der Waals surface area (Å²) in [4.78, 5) is 26.0. The van der Waals surface area contributed by atoms with Crippen molar-refractivity contribution < 1.29 is 28.6 Å². The quantitative estimate of drug-likeness (QED) is 0.448. The number of anilines is 1. The second-order valence-corrected chi connectivity index (χ2v) is 8.32. The van der Waals surface area contributed by atoms with E-state index in [2.05, 4.69) is 0 Å². The number of fused-ring (bicyclic) bond motifs is 1. The maximum Gasteiger partial charge on any atom is 0.335 e. The molecule has 1 fully saturated rings. The van der Waals surface area contributed by atoms with E-state index < -0.39 is 5.97 Å². The van der Waals surface area contributed by atoms with Crippen LogP contribution in [0.3, 0.4) is 0 Å². The van der Waals surface area contributed by atoms with Crippen LogP contribution in [0.25, 0.3) is 17.4 Å². The first-order valence-electron chi connectivity index (χ1n) is 9.11. The number of hydrogen-bond donors (Lipinski definition) is 1. The van der Waals surface area contributed by atoms with Gasteiger partial charge < -0.3 is 19.0 Å². The minimum absolute atomic E-state index is 0.146. The van der Waals surface area contributed by atoms with E-state index >= 15 is 0 Å². The van der Waals surface area contributed by atoms with Crippen LogP contribution in [0, 0.1) is 0 Å². The Morgan fingerprint density at radius 1 is 1.10 bits per heavy atom. The van der Waals surface area contributed by atoms with Gasteiger partial charge in [0.15, 0.2) is 15.8 Å². The fourth-order valence-corrected chi connectivity index (χ4v) is 4.51. The van der Waals surface area contributed by atoms with Crippen LogP contribution >= 0.6 is 24.0 Å². The highest BCUT2D eigenvalue weighted by Gasteiger charge is 2.34. The number of carboxylic acids is 1. The number of aromatic carboxylic acids is 1. The van der Waals surface area contributed by atoms with Crippen molar-refractivity contribution in [1.82, 2.24) is 0 Å². The Labute approximate surface area is 185 Å². The average Bonchev–Trinajstić information content (AvgIpc) is 3.48. The summed E-state index contributed by atoms with van der Waals surface area (Å²) >= 11 is 6.59. The summed E-state index contributed by atoms with van der Waals surface area (Å²) in [5.41, 5.74) is 1.40.